The predicted octanol–water partition coefficient (Wildman–Crippen LogP) is 2.99. The van der Waals surface area contributed by atoms with E-state index >= 15 is 0 Å². The van der Waals surface area contributed by atoms with E-state index < -0.39 is 0 Å². The molecule has 3 nitrogen and oxygen atoms in total. The Morgan fingerprint density at radius 2 is 1.71 bits per heavy atom. The second kappa shape index (κ2) is 7.76. The molecule has 1 heterocycles. The molecule has 122 valence electrons. The maximum atomic E-state index is 12.8. The van der Waals surface area contributed by atoms with Gasteiger partial charge < -0.3 is 10.1 Å². The monoisotopic (exact) mass is 323 g/mol. The van der Waals surface area contributed by atoms with Crippen LogP contribution < -0.4 is 5.32 Å². The van der Waals surface area contributed by atoms with Crippen LogP contribution in [-0.4, -0.2) is 25.7 Å². The Balaban J connectivity index is 1.58. The lowest BCUT2D eigenvalue weighted by Crippen LogP contribution is -2.29. The number of halogens is 1. The molecule has 1 fully saturated rings. The van der Waals surface area contributed by atoms with E-state index in [9.17, 15) is 9.18 Å². The average molecular weight is 323 g/mol. The third-order valence-electron chi connectivity index (χ3n) is 3.92. The maximum Gasteiger partial charge on any atom is 0.251 e. The number of rotatable bonds is 3. The molecule has 0 spiro atoms. The summed E-state index contributed by atoms with van der Waals surface area (Å²) in [5.41, 5.74) is 2.17. The topological polar surface area (TPSA) is 38.3 Å². The van der Waals surface area contributed by atoms with Crippen molar-refractivity contribution in [2.75, 3.05) is 19.8 Å². The van der Waals surface area contributed by atoms with Gasteiger partial charge in [0.2, 0.25) is 0 Å². The first-order chi connectivity index (χ1) is 11.7. The molecule has 4 heteroatoms. The Kier molecular flexibility index (Phi) is 5.25. The zero-order valence-electron chi connectivity index (χ0n) is 13.2. The Labute approximate surface area is 140 Å². The largest absolute Gasteiger partial charge is 0.381 e. The molecule has 1 atom stereocenters. The second-order valence-corrected chi connectivity index (χ2v) is 5.77. The molecule has 1 aliphatic rings. The highest BCUT2D eigenvalue weighted by molar-refractivity contribution is 5.94. The fourth-order valence-corrected chi connectivity index (χ4v) is 2.47. The van der Waals surface area contributed by atoms with Crippen LogP contribution in [0.25, 0.3) is 0 Å². The van der Waals surface area contributed by atoms with Crippen LogP contribution in [0.15, 0.2) is 48.5 Å². The van der Waals surface area contributed by atoms with Crippen molar-refractivity contribution in [2.45, 2.75) is 6.42 Å². The minimum Gasteiger partial charge on any atom is -0.381 e. The van der Waals surface area contributed by atoms with Crippen molar-refractivity contribution in [3.05, 3.63) is 71.0 Å². The summed E-state index contributed by atoms with van der Waals surface area (Å²) < 4.78 is 18.1. The van der Waals surface area contributed by atoms with Gasteiger partial charge in [0.05, 0.1) is 6.61 Å². The highest BCUT2D eigenvalue weighted by Crippen LogP contribution is 2.11. The lowest BCUT2D eigenvalue weighted by Gasteiger charge is -2.09. The summed E-state index contributed by atoms with van der Waals surface area (Å²) in [6, 6.07) is 13.2. The van der Waals surface area contributed by atoms with E-state index in [4.69, 9.17) is 4.74 Å². The lowest BCUT2D eigenvalue weighted by molar-refractivity contribution is 0.0945. The lowest BCUT2D eigenvalue weighted by atomic mass is 10.1. The van der Waals surface area contributed by atoms with Gasteiger partial charge in [-0.2, -0.15) is 0 Å². The van der Waals surface area contributed by atoms with E-state index in [2.05, 4.69) is 17.2 Å². The third-order valence-corrected chi connectivity index (χ3v) is 3.92. The Morgan fingerprint density at radius 3 is 2.29 bits per heavy atom. The molecule has 24 heavy (non-hydrogen) atoms. The fourth-order valence-electron chi connectivity index (χ4n) is 2.47. The van der Waals surface area contributed by atoms with Gasteiger partial charge in [-0.05, 0) is 55.0 Å². The van der Waals surface area contributed by atoms with Gasteiger partial charge in [0.15, 0.2) is 0 Å². The Hall–Kier alpha value is -2.64. The standard InChI is InChI=1S/C20H18FNO2/c21-19-9-5-16(6-10-19)2-1-15-3-7-18(8-4-15)20(23)22-13-17-11-12-24-14-17/h3-10,17H,11-14H2,(H,22,23). The first-order valence-electron chi connectivity index (χ1n) is 7.94. The highest BCUT2D eigenvalue weighted by Gasteiger charge is 2.16. The van der Waals surface area contributed by atoms with Crippen LogP contribution in [0.3, 0.4) is 0 Å². The van der Waals surface area contributed by atoms with Crippen molar-refractivity contribution in [2.24, 2.45) is 5.92 Å². The molecule has 1 aliphatic heterocycles. The Morgan fingerprint density at radius 1 is 1.08 bits per heavy atom. The SMILES string of the molecule is O=C(NCC1CCOC1)c1ccc(C#Cc2ccc(F)cc2)cc1. The number of ether oxygens (including phenoxy) is 1. The van der Waals surface area contributed by atoms with Gasteiger partial charge in [-0.1, -0.05) is 11.8 Å². The van der Waals surface area contributed by atoms with E-state index in [1.165, 1.54) is 12.1 Å². The molecule has 3 rings (SSSR count). The summed E-state index contributed by atoms with van der Waals surface area (Å²) in [6.45, 7) is 2.14. The number of benzene rings is 2. The quantitative estimate of drug-likeness (QED) is 0.882. The molecule has 1 saturated heterocycles. The van der Waals surface area contributed by atoms with Gasteiger partial charge in [0, 0.05) is 35.8 Å². The van der Waals surface area contributed by atoms with Crippen LogP contribution in [0.1, 0.15) is 27.9 Å². The molecule has 0 bridgehead atoms. The van der Waals surface area contributed by atoms with Crippen molar-refractivity contribution in [1.82, 2.24) is 5.32 Å². The first-order valence-corrected chi connectivity index (χ1v) is 7.94. The van der Waals surface area contributed by atoms with Gasteiger partial charge in [-0.15, -0.1) is 0 Å². The van der Waals surface area contributed by atoms with Crippen LogP contribution in [0, 0.1) is 23.6 Å². The minimum atomic E-state index is -0.278. The van der Waals surface area contributed by atoms with E-state index in [1.54, 1.807) is 24.3 Å². The van der Waals surface area contributed by atoms with Crippen molar-refractivity contribution in [3.63, 3.8) is 0 Å². The highest BCUT2D eigenvalue weighted by atomic mass is 19.1. The number of amides is 1. The minimum absolute atomic E-state index is 0.0834. The predicted molar refractivity (Wildman–Crippen MR) is 90.1 cm³/mol. The number of nitrogens with one attached hydrogen (secondary N) is 1. The summed E-state index contributed by atoms with van der Waals surface area (Å²) in [4.78, 5) is 12.1. The summed E-state index contributed by atoms with van der Waals surface area (Å²) in [7, 11) is 0. The van der Waals surface area contributed by atoms with Gasteiger partial charge in [-0.25, -0.2) is 4.39 Å². The third kappa shape index (κ3) is 4.43. The van der Waals surface area contributed by atoms with Gasteiger partial charge in [0.1, 0.15) is 5.82 Å². The van der Waals surface area contributed by atoms with Crippen LogP contribution in [0.5, 0.6) is 0 Å². The van der Waals surface area contributed by atoms with E-state index in [0.29, 0.717) is 18.0 Å². The smallest absolute Gasteiger partial charge is 0.251 e. The number of hydrogen-bond acceptors (Lipinski definition) is 2. The number of carbonyl (C=O) groups excluding carboxylic acids is 1. The van der Waals surface area contributed by atoms with Crippen LogP contribution in [-0.2, 0) is 4.74 Å². The zero-order chi connectivity index (χ0) is 16.8. The summed E-state index contributed by atoms with van der Waals surface area (Å²) in [5, 5.41) is 2.93. The number of hydrogen-bond donors (Lipinski definition) is 1. The van der Waals surface area contributed by atoms with Crippen molar-refractivity contribution >= 4 is 5.91 Å². The van der Waals surface area contributed by atoms with Gasteiger partial charge >= 0.3 is 0 Å². The van der Waals surface area contributed by atoms with Crippen LogP contribution in [0.4, 0.5) is 4.39 Å². The first kappa shape index (κ1) is 16.2. The average Bonchev–Trinajstić information content (AvgIpc) is 3.13. The van der Waals surface area contributed by atoms with E-state index in [-0.39, 0.29) is 11.7 Å². The second-order valence-electron chi connectivity index (χ2n) is 5.77. The molecule has 1 N–H and O–H groups in total. The van der Waals surface area contributed by atoms with Crippen LogP contribution in [0.2, 0.25) is 0 Å². The van der Waals surface area contributed by atoms with Gasteiger partial charge in [0.25, 0.3) is 5.91 Å². The van der Waals surface area contributed by atoms with Crippen molar-refractivity contribution < 1.29 is 13.9 Å². The van der Waals surface area contributed by atoms with E-state index in [1.807, 2.05) is 12.1 Å². The molecule has 1 amide bonds. The molecule has 0 aliphatic carbocycles. The fraction of sp³-hybridized carbons (Fsp3) is 0.250. The van der Waals surface area contributed by atoms with Crippen molar-refractivity contribution in [1.29, 1.82) is 0 Å². The molecule has 1 unspecified atom stereocenters. The molecular formula is C20H18FNO2. The Bertz CT molecular complexity index is 751. The van der Waals surface area contributed by atoms with E-state index in [0.717, 1.165) is 30.8 Å². The summed E-state index contributed by atoms with van der Waals surface area (Å²) in [5.74, 6) is 6.02. The molecule has 0 aromatic heterocycles. The summed E-state index contributed by atoms with van der Waals surface area (Å²) in [6.07, 6.45) is 0.998. The zero-order valence-corrected chi connectivity index (χ0v) is 13.2. The normalized spacial score (nSPS) is 16.3. The molecule has 2 aromatic carbocycles. The van der Waals surface area contributed by atoms with Crippen molar-refractivity contribution in [3.8, 4) is 11.8 Å². The summed E-state index contributed by atoms with van der Waals surface area (Å²) >= 11 is 0. The molecule has 0 saturated carbocycles. The van der Waals surface area contributed by atoms with Gasteiger partial charge in [-0.3, -0.25) is 4.79 Å². The number of carbonyl (C=O) groups is 1. The molecule has 2 aromatic rings. The molecule has 0 radical (unpaired) electrons. The van der Waals surface area contributed by atoms with Crippen LogP contribution >= 0.6 is 0 Å². The molecular weight excluding hydrogens is 305 g/mol. The maximum absolute atomic E-state index is 12.8.